The molecule has 1 aromatic carbocycles. The second-order valence-corrected chi connectivity index (χ2v) is 6.40. The number of aromatic hydroxyl groups is 1. The van der Waals surface area contributed by atoms with Crippen molar-refractivity contribution in [1.29, 1.82) is 0 Å². The molecule has 1 heterocycles. The first-order valence-corrected chi connectivity index (χ1v) is 9.53. The Kier molecular flexibility index (Phi) is 8.02. The summed E-state index contributed by atoms with van der Waals surface area (Å²) in [5, 5.41) is 25.7. The number of nitrogens with one attached hydrogen (secondary N) is 1. The molecule has 0 bridgehead atoms. The lowest BCUT2D eigenvalue weighted by molar-refractivity contribution is -0.142. The minimum absolute atomic E-state index is 0.0493. The van der Waals surface area contributed by atoms with Crippen LogP contribution in [0, 0.1) is 0 Å². The van der Waals surface area contributed by atoms with Crippen molar-refractivity contribution < 1.29 is 19.7 Å². The minimum atomic E-state index is -0.315. The summed E-state index contributed by atoms with van der Waals surface area (Å²) in [5.41, 5.74) is 4.78. The molecule has 0 spiro atoms. The lowest BCUT2D eigenvalue weighted by Crippen LogP contribution is -2.26. The molecule has 0 aliphatic rings. The third-order valence-electron chi connectivity index (χ3n) is 3.68. The summed E-state index contributed by atoms with van der Waals surface area (Å²) in [6.45, 7) is 5.37. The summed E-state index contributed by atoms with van der Waals surface area (Å²) in [6.07, 6.45) is 1.62. The van der Waals surface area contributed by atoms with Gasteiger partial charge in [0.05, 0.1) is 31.5 Å². The van der Waals surface area contributed by atoms with Gasteiger partial charge in [0.2, 0.25) is 5.13 Å². The first kappa shape index (κ1) is 20.7. The van der Waals surface area contributed by atoms with Crippen LogP contribution >= 0.6 is 11.3 Å². The van der Waals surface area contributed by atoms with Crippen LogP contribution in [0.25, 0.3) is 0 Å². The predicted molar refractivity (Wildman–Crippen MR) is 107 cm³/mol. The summed E-state index contributed by atoms with van der Waals surface area (Å²) < 4.78 is 4.89. The number of benzene rings is 1. The number of ether oxygens (including phenoxy) is 1. The molecule has 146 valence electrons. The highest BCUT2D eigenvalue weighted by atomic mass is 32.1. The molecule has 1 aromatic heterocycles. The molecule has 0 amide bonds. The second-order valence-electron chi connectivity index (χ2n) is 5.54. The molecule has 0 saturated heterocycles. The summed E-state index contributed by atoms with van der Waals surface area (Å²) in [4.78, 5) is 17.7. The Balaban J connectivity index is 1.96. The summed E-state index contributed by atoms with van der Waals surface area (Å²) in [6, 6.07) is 5.26. The van der Waals surface area contributed by atoms with Gasteiger partial charge in [0.15, 0.2) is 0 Å². The lowest BCUT2D eigenvalue weighted by atomic mass is 10.2. The molecule has 2 rings (SSSR count). The van der Waals surface area contributed by atoms with Crippen molar-refractivity contribution in [2.45, 2.75) is 20.3 Å². The van der Waals surface area contributed by atoms with Crippen molar-refractivity contribution in [2.75, 3.05) is 36.6 Å². The van der Waals surface area contributed by atoms with Gasteiger partial charge in [0.1, 0.15) is 5.75 Å². The van der Waals surface area contributed by atoms with E-state index in [0.717, 1.165) is 12.2 Å². The first-order chi connectivity index (χ1) is 13.1. The largest absolute Gasteiger partial charge is 0.507 e. The number of aliphatic hydroxyl groups is 1. The van der Waals surface area contributed by atoms with Gasteiger partial charge in [-0.05, 0) is 26.0 Å². The van der Waals surface area contributed by atoms with E-state index in [1.165, 1.54) is 17.6 Å². The number of hydrogen-bond acceptors (Lipinski definition) is 9. The standard InChI is InChI=1S/C18H24N4O4S/c1-3-22(7-8-23)15-6-5-13(16(24)10-15)11-19-21-18-20-14(12-27-18)9-17(25)26-4-2/h5-6,10-12,23-24H,3-4,7-9H2,1-2H3,(H,20,21). The van der Waals surface area contributed by atoms with Gasteiger partial charge in [0.25, 0.3) is 0 Å². The van der Waals surface area contributed by atoms with Gasteiger partial charge in [0, 0.05) is 35.8 Å². The molecule has 0 aliphatic carbocycles. The number of thiazole rings is 1. The Bertz CT molecular complexity index is 778. The van der Waals surface area contributed by atoms with Crippen LogP contribution in [0.1, 0.15) is 25.1 Å². The highest BCUT2D eigenvalue weighted by Gasteiger charge is 2.09. The van der Waals surface area contributed by atoms with Crippen molar-refractivity contribution in [3.8, 4) is 5.75 Å². The molecule has 27 heavy (non-hydrogen) atoms. The van der Waals surface area contributed by atoms with E-state index in [0.29, 0.717) is 29.5 Å². The Morgan fingerprint density at radius 1 is 1.44 bits per heavy atom. The summed E-state index contributed by atoms with van der Waals surface area (Å²) in [7, 11) is 0. The SMILES string of the molecule is CCOC(=O)Cc1csc(NN=Cc2ccc(N(CC)CCO)cc2O)n1. The van der Waals surface area contributed by atoms with Crippen LogP contribution in [0.5, 0.6) is 5.75 Å². The van der Waals surface area contributed by atoms with E-state index >= 15 is 0 Å². The zero-order valence-corrected chi connectivity index (χ0v) is 16.2. The number of rotatable bonds is 10. The molecular weight excluding hydrogens is 368 g/mol. The van der Waals surface area contributed by atoms with Gasteiger partial charge in [-0.25, -0.2) is 4.98 Å². The number of phenolic OH excluding ortho intramolecular Hbond substituents is 1. The van der Waals surface area contributed by atoms with Crippen molar-refractivity contribution in [2.24, 2.45) is 5.10 Å². The average Bonchev–Trinajstić information content (AvgIpc) is 3.08. The van der Waals surface area contributed by atoms with Gasteiger partial charge in [-0.3, -0.25) is 10.2 Å². The molecule has 0 aliphatic heterocycles. The summed E-state index contributed by atoms with van der Waals surface area (Å²) in [5.74, 6) is -0.221. The van der Waals surface area contributed by atoms with Crippen molar-refractivity contribution in [3.05, 3.63) is 34.8 Å². The molecule has 9 heteroatoms. The summed E-state index contributed by atoms with van der Waals surface area (Å²) >= 11 is 1.33. The van der Waals surface area contributed by atoms with Crippen LogP contribution in [0.4, 0.5) is 10.8 Å². The smallest absolute Gasteiger partial charge is 0.311 e. The maximum atomic E-state index is 11.4. The maximum absolute atomic E-state index is 11.4. The molecule has 0 saturated carbocycles. The van der Waals surface area contributed by atoms with Crippen molar-refractivity contribution >= 4 is 34.3 Å². The van der Waals surface area contributed by atoms with Crippen molar-refractivity contribution in [3.63, 3.8) is 0 Å². The van der Waals surface area contributed by atoms with Gasteiger partial charge in [-0.2, -0.15) is 5.10 Å². The monoisotopic (exact) mass is 392 g/mol. The van der Waals surface area contributed by atoms with Crippen LogP contribution in [-0.2, 0) is 16.0 Å². The van der Waals surface area contributed by atoms with E-state index in [-0.39, 0.29) is 24.7 Å². The highest BCUT2D eigenvalue weighted by molar-refractivity contribution is 7.13. The molecule has 8 nitrogen and oxygen atoms in total. The average molecular weight is 392 g/mol. The number of aliphatic hydroxyl groups excluding tert-OH is 1. The van der Waals surface area contributed by atoms with Crippen LogP contribution in [0.15, 0.2) is 28.7 Å². The second kappa shape index (κ2) is 10.5. The Morgan fingerprint density at radius 2 is 2.26 bits per heavy atom. The lowest BCUT2D eigenvalue weighted by Gasteiger charge is -2.22. The fourth-order valence-electron chi connectivity index (χ4n) is 2.38. The maximum Gasteiger partial charge on any atom is 0.311 e. The van der Waals surface area contributed by atoms with Crippen LogP contribution in [0.3, 0.4) is 0 Å². The van der Waals surface area contributed by atoms with Gasteiger partial charge in [-0.1, -0.05) is 0 Å². The van der Waals surface area contributed by atoms with Gasteiger partial charge >= 0.3 is 5.97 Å². The Hall–Kier alpha value is -2.65. The number of aromatic nitrogens is 1. The number of carbonyl (C=O) groups is 1. The van der Waals surface area contributed by atoms with Crippen molar-refractivity contribution in [1.82, 2.24) is 4.98 Å². The van der Waals surface area contributed by atoms with E-state index in [1.54, 1.807) is 24.4 Å². The highest BCUT2D eigenvalue weighted by Crippen LogP contribution is 2.24. The Morgan fingerprint density at radius 3 is 2.93 bits per heavy atom. The van der Waals surface area contributed by atoms with E-state index in [2.05, 4.69) is 15.5 Å². The molecule has 0 atom stereocenters. The minimum Gasteiger partial charge on any atom is -0.507 e. The first-order valence-electron chi connectivity index (χ1n) is 8.65. The number of anilines is 2. The van der Waals surface area contributed by atoms with Crippen LogP contribution < -0.4 is 10.3 Å². The third-order valence-corrected chi connectivity index (χ3v) is 4.47. The number of carbonyl (C=O) groups excluding carboxylic acids is 1. The number of esters is 1. The van der Waals surface area contributed by atoms with Gasteiger partial charge in [-0.15, -0.1) is 11.3 Å². The van der Waals surface area contributed by atoms with Gasteiger partial charge < -0.3 is 19.8 Å². The van der Waals surface area contributed by atoms with E-state index in [1.807, 2.05) is 17.9 Å². The van der Waals surface area contributed by atoms with E-state index in [9.17, 15) is 9.90 Å². The fraction of sp³-hybridized carbons (Fsp3) is 0.389. The molecular formula is C18H24N4O4S. The number of phenols is 1. The zero-order chi connectivity index (χ0) is 19.6. The molecule has 3 N–H and O–H groups in total. The molecule has 0 radical (unpaired) electrons. The van der Waals surface area contributed by atoms with E-state index < -0.39 is 0 Å². The van der Waals surface area contributed by atoms with Crippen LogP contribution in [0.2, 0.25) is 0 Å². The molecule has 0 fully saturated rings. The predicted octanol–water partition coefficient (Wildman–Crippen LogP) is 2.22. The van der Waals surface area contributed by atoms with E-state index in [4.69, 9.17) is 9.84 Å². The number of likely N-dealkylation sites (N-methyl/N-ethyl adjacent to an activating group) is 1. The topological polar surface area (TPSA) is 107 Å². The Labute approximate surface area is 162 Å². The zero-order valence-electron chi connectivity index (χ0n) is 15.4. The third kappa shape index (κ3) is 6.22. The molecule has 2 aromatic rings. The number of nitrogens with zero attached hydrogens (tertiary/aromatic N) is 3. The van der Waals surface area contributed by atoms with Crippen LogP contribution in [-0.4, -0.2) is 53.7 Å². The fourth-order valence-corrected chi connectivity index (χ4v) is 3.04. The quantitative estimate of drug-likeness (QED) is 0.323. The molecule has 0 unspecified atom stereocenters. The number of hydrogen-bond donors (Lipinski definition) is 3. The number of hydrazone groups is 1. The normalized spacial score (nSPS) is 10.9.